The molecular formula is C80H88BrN13O14S3. The Labute approximate surface area is 658 Å². The zero-order valence-corrected chi connectivity index (χ0v) is 68.2. The van der Waals surface area contributed by atoms with Gasteiger partial charge in [-0.1, -0.05) is 120 Å². The number of hydrogen-bond acceptors (Lipinski definition) is 19. The predicted molar refractivity (Wildman–Crippen MR) is 435 cm³/mol. The van der Waals surface area contributed by atoms with Crippen LogP contribution in [-0.4, -0.2) is 107 Å². The van der Waals surface area contributed by atoms with Gasteiger partial charge >= 0.3 is 40.9 Å². The van der Waals surface area contributed by atoms with Gasteiger partial charge in [0.25, 0.3) is 16.7 Å². The van der Waals surface area contributed by atoms with E-state index in [-0.39, 0.29) is 5.69 Å². The molecule has 31 heteroatoms. The Hall–Kier alpha value is -11.3. The van der Waals surface area contributed by atoms with Crippen molar-refractivity contribution in [3.63, 3.8) is 0 Å². The first kappa shape index (κ1) is 83.8. The molecule has 0 aliphatic heterocycles. The maximum atomic E-state index is 13.9. The Morgan fingerprint density at radius 3 is 1.10 bits per heavy atom. The van der Waals surface area contributed by atoms with Crippen molar-refractivity contribution in [2.45, 2.75) is 171 Å². The molecule has 3 aromatic carbocycles. The molecule has 111 heavy (non-hydrogen) atoms. The SMILES string of the molecule is Cc1c(-n2cccn2)sc2c1c(=O)n(C(C)(C)C(=O)O)c(=O)n2CCc1ccccc1.Cc1c(-n2cccn2)sc2c1c(=O)n(C(C)(C)C(=O)OC(C)(C)C)c(=O)n2CCc1ccccc1.Cc1c(Br)sc2c1c(=O)n(C(C)(C)C(=O)OC(C)(C)C)c(=O)n2CCc1ccccc1.O=C(O)c1ccccn1.c1cn[nH]c1. The van der Waals surface area contributed by atoms with E-state index in [1.54, 1.807) is 156 Å². The summed E-state index contributed by atoms with van der Waals surface area (Å²) in [6.45, 7) is 26.0. The van der Waals surface area contributed by atoms with Crippen molar-refractivity contribution in [2.75, 3.05) is 0 Å². The molecule has 13 rings (SSSR count). The van der Waals surface area contributed by atoms with Crippen LogP contribution in [0.25, 0.3) is 40.7 Å². The van der Waals surface area contributed by atoms with E-state index in [2.05, 4.69) is 41.3 Å². The number of benzene rings is 3. The minimum Gasteiger partial charge on any atom is -0.480 e. The number of aromatic nitrogens is 13. The normalized spacial score (nSPS) is 11.7. The van der Waals surface area contributed by atoms with E-state index in [1.165, 1.54) is 64.7 Å². The summed E-state index contributed by atoms with van der Waals surface area (Å²) in [5, 5.41) is 35.5. The van der Waals surface area contributed by atoms with Gasteiger partial charge in [-0.2, -0.15) is 15.3 Å². The highest BCUT2D eigenvalue weighted by Crippen LogP contribution is 2.36. The highest BCUT2D eigenvalue weighted by molar-refractivity contribution is 9.11. The fourth-order valence-electron chi connectivity index (χ4n) is 11.7. The number of pyridine rings is 1. The summed E-state index contributed by atoms with van der Waals surface area (Å²) in [5.74, 6) is -3.50. The number of aromatic amines is 1. The van der Waals surface area contributed by atoms with Gasteiger partial charge in [-0.25, -0.2) is 61.6 Å². The molecule has 0 bridgehead atoms. The lowest BCUT2D eigenvalue weighted by molar-refractivity contribution is -0.165. The van der Waals surface area contributed by atoms with Crippen LogP contribution in [0.5, 0.6) is 0 Å². The maximum Gasteiger partial charge on any atom is 0.354 e. The van der Waals surface area contributed by atoms with Crippen LogP contribution in [0, 0.1) is 20.8 Å². The Morgan fingerprint density at radius 2 is 0.811 bits per heavy atom. The predicted octanol–water partition coefficient (Wildman–Crippen LogP) is 12.6. The number of nitrogens with one attached hydrogen (secondary N) is 1. The number of H-pyrrole nitrogens is 1. The van der Waals surface area contributed by atoms with E-state index in [4.69, 9.17) is 14.6 Å². The van der Waals surface area contributed by atoms with Gasteiger partial charge in [0.1, 0.15) is 58.0 Å². The Balaban J connectivity index is 0.000000175. The van der Waals surface area contributed by atoms with Gasteiger partial charge in [-0.05, 0) is 192 Å². The number of ether oxygens (including phenoxy) is 2. The molecule has 0 fully saturated rings. The van der Waals surface area contributed by atoms with Crippen LogP contribution in [0.3, 0.4) is 0 Å². The fourth-order valence-corrected chi connectivity index (χ4v) is 15.9. The van der Waals surface area contributed by atoms with Crippen molar-refractivity contribution in [2.24, 2.45) is 0 Å². The highest BCUT2D eigenvalue weighted by atomic mass is 79.9. The molecule has 10 heterocycles. The van der Waals surface area contributed by atoms with Crippen LogP contribution >= 0.6 is 49.9 Å². The molecule has 10 aromatic heterocycles. The number of aliphatic carboxylic acids is 1. The standard InChI is InChI=1S/C26H30N4O4S.C23H27BrN2O4S.C22H22N4O4S.C6H5NO2.C3H4N2/c1-17-19-20(31)30(26(5,6)23(32)34-25(2,3)4)24(33)28(16-13-18-11-8-7-9-12-18)22(19)35-21(17)29-15-10-14-27-29;1-14-16-18(27)26(23(5,6)20(28)30-22(2,3)4)21(29)25(19(16)31-17(14)24)13-12-15-10-8-7-9-11-15;1-14-16-17(27)26(22(2,3)20(28)29)21(30)24(13-10-15-8-5-4-6-9-15)19(16)31-18(14)25-12-7-11-23-25;8-6(9)5-3-1-2-4-7-5;1-2-4-5-3-1/h7-12,14-15H,13,16H2,1-6H3;7-11H,12-13H2,1-6H3;4-9,11-12H,10,13H2,1-3H3,(H,28,29);1-4H,(H,8,9);1-3H,(H,4,5). The van der Waals surface area contributed by atoms with Gasteiger partial charge < -0.3 is 19.7 Å². The largest absolute Gasteiger partial charge is 0.480 e. The monoisotopic (exact) mass is 1630 g/mol. The van der Waals surface area contributed by atoms with Crippen molar-refractivity contribution in [3.8, 4) is 10.0 Å². The Morgan fingerprint density at radius 1 is 0.450 bits per heavy atom. The molecule has 0 saturated carbocycles. The summed E-state index contributed by atoms with van der Waals surface area (Å²) >= 11 is 7.51. The summed E-state index contributed by atoms with van der Waals surface area (Å²) < 4.78 is 22.9. The highest BCUT2D eigenvalue weighted by Gasteiger charge is 2.41. The second-order valence-corrected chi connectivity index (χ2v) is 33.5. The number of fused-ring (bicyclic) bond motifs is 3. The number of nitrogens with zero attached hydrogens (tertiary/aromatic N) is 12. The average Bonchev–Trinajstić information content (AvgIpc) is 1.65. The molecule has 13 aromatic rings. The molecule has 582 valence electrons. The Kier molecular flexibility index (Phi) is 26.2. The molecule has 0 unspecified atom stereocenters. The van der Waals surface area contributed by atoms with Crippen molar-refractivity contribution in [1.29, 1.82) is 0 Å². The smallest absolute Gasteiger partial charge is 0.354 e. The lowest BCUT2D eigenvalue weighted by atomic mass is 10.0. The lowest BCUT2D eigenvalue weighted by Gasteiger charge is -2.30. The molecule has 0 amide bonds. The van der Waals surface area contributed by atoms with E-state index in [1.807, 2.05) is 111 Å². The fraction of sp³-hybridized carbons (Fsp3) is 0.325. The number of hydrogen-bond donors (Lipinski definition) is 3. The van der Waals surface area contributed by atoms with E-state index in [0.29, 0.717) is 80.7 Å². The number of carboxylic acid groups (broad SMARTS) is 2. The second kappa shape index (κ2) is 34.7. The summed E-state index contributed by atoms with van der Waals surface area (Å²) in [6, 6.07) is 39.5. The van der Waals surface area contributed by atoms with Gasteiger partial charge in [0.2, 0.25) is 0 Å². The summed E-state index contributed by atoms with van der Waals surface area (Å²) in [4.78, 5) is 135. The van der Waals surface area contributed by atoms with Gasteiger partial charge in [0, 0.05) is 74.1 Å². The first-order valence-electron chi connectivity index (χ1n) is 35.2. The summed E-state index contributed by atoms with van der Waals surface area (Å²) in [6.07, 6.45) is 13.6. The topological polar surface area (TPSA) is 336 Å². The lowest BCUT2D eigenvalue weighted by Crippen LogP contribution is -2.54. The average molecular weight is 1630 g/mol. The van der Waals surface area contributed by atoms with Crippen LogP contribution < -0.4 is 33.7 Å². The van der Waals surface area contributed by atoms with E-state index in [9.17, 15) is 53.1 Å². The molecule has 0 radical (unpaired) electrons. The van der Waals surface area contributed by atoms with Gasteiger partial charge in [0.05, 0.1) is 19.9 Å². The number of rotatable bonds is 18. The molecule has 0 atom stereocenters. The van der Waals surface area contributed by atoms with Crippen molar-refractivity contribution in [1.82, 2.24) is 62.1 Å². The number of esters is 2. The van der Waals surface area contributed by atoms with Crippen LogP contribution in [0.2, 0.25) is 0 Å². The van der Waals surface area contributed by atoms with Gasteiger partial charge in [-0.15, -0.1) is 11.3 Å². The molecule has 0 saturated heterocycles. The number of carbonyl (C=O) groups excluding carboxylic acids is 2. The van der Waals surface area contributed by atoms with Crippen LogP contribution in [-0.2, 0) is 79.4 Å². The summed E-state index contributed by atoms with van der Waals surface area (Å²) in [5.41, 5.74) is -4.06. The van der Waals surface area contributed by atoms with E-state index >= 15 is 0 Å². The Bertz CT molecular complexity index is 5830. The first-order valence-corrected chi connectivity index (χ1v) is 38.5. The number of carboxylic acids is 2. The minimum absolute atomic E-state index is 0.0810. The molecule has 27 nitrogen and oxygen atoms in total. The quantitative estimate of drug-likeness (QED) is 0.0672. The maximum absolute atomic E-state index is 13.9. The zero-order valence-electron chi connectivity index (χ0n) is 64.2. The number of aromatic carboxylic acids is 1. The molecule has 0 spiro atoms. The molecule has 0 aliphatic carbocycles. The minimum atomic E-state index is -1.70. The van der Waals surface area contributed by atoms with E-state index < -0.39 is 85.4 Å². The number of halogens is 1. The molecule has 3 N–H and O–H groups in total. The number of thiophene rings is 3. The number of carbonyl (C=O) groups is 4. The van der Waals surface area contributed by atoms with Crippen molar-refractivity contribution in [3.05, 3.63) is 276 Å². The second-order valence-electron chi connectivity index (χ2n) is 29.2. The third kappa shape index (κ3) is 19.0. The third-order valence-corrected chi connectivity index (χ3v) is 22.4. The van der Waals surface area contributed by atoms with Gasteiger partial charge in [0.15, 0.2) is 0 Å². The molecule has 0 aliphatic rings. The van der Waals surface area contributed by atoms with Crippen LogP contribution in [0.1, 0.15) is 127 Å². The zero-order chi connectivity index (χ0) is 81.2. The van der Waals surface area contributed by atoms with E-state index in [0.717, 1.165) is 49.7 Å². The third-order valence-electron chi connectivity index (χ3n) is 17.6. The number of aryl methyl sites for hydroxylation is 9. The van der Waals surface area contributed by atoms with Crippen LogP contribution in [0.4, 0.5) is 0 Å². The van der Waals surface area contributed by atoms with Crippen LogP contribution in [0.15, 0.2) is 203 Å². The first-order chi connectivity index (χ1) is 52.3. The van der Waals surface area contributed by atoms with Crippen molar-refractivity contribution >= 4 is 104 Å². The van der Waals surface area contributed by atoms with Crippen molar-refractivity contribution < 1.29 is 38.9 Å². The van der Waals surface area contributed by atoms with Gasteiger partial charge in [-0.3, -0.25) is 33.2 Å². The molecular weight excluding hydrogens is 1540 g/mol. The summed E-state index contributed by atoms with van der Waals surface area (Å²) in [7, 11) is 0.